The van der Waals surface area contributed by atoms with Gasteiger partial charge in [-0.2, -0.15) is 0 Å². The van der Waals surface area contributed by atoms with E-state index in [1.165, 1.54) is 18.4 Å². The molecule has 170 valence electrons. The Morgan fingerprint density at radius 2 is 1.94 bits per heavy atom. The van der Waals surface area contributed by atoms with Crippen molar-refractivity contribution in [1.82, 2.24) is 0 Å². The van der Waals surface area contributed by atoms with Gasteiger partial charge >= 0.3 is 0 Å². The molecule has 1 fully saturated rings. The first kappa shape index (κ1) is 22.3. The largest absolute Gasteiger partial charge is 0.507 e. The molecular weight excluding hydrogens is 432 g/mol. The number of carbonyl (C=O) groups excluding carboxylic acids is 2. The average Bonchev–Trinajstić information content (AvgIpc) is 3.41. The number of amides is 1. The fourth-order valence-electron chi connectivity index (χ4n) is 3.79. The van der Waals surface area contributed by atoms with Gasteiger partial charge in [-0.3, -0.25) is 14.5 Å². The molecule has 1 aliphatic rings. The fourth-order valence-corrected chi connectivity index (χ4v) is 3.79. The normalized spacial score (nSPS) is 17.6. The molecule has 2 aromatic carbocycles. The summed E-state index contributed by atoms with van der Waals surface area (Å²) in [5, 5.41) is 11.1. The number of Topliss-reactive ketones (excluding diaryl/α,β-unsaturated/α-hetero) is 1. The average molecular weight is 453 g/mol. The van der Waals surface area contributed by atoms with Crippen molar-refractivity contribution >= 4 is 23.1 Å². The zero-order chi connectivity index (χ0) is 23.7. The lowest BCUT2D eigenvalue weighted by atomic mass is 9.98. The van der Waals surface area contributed by atoms with Crippen molar-refractivity contribution in [3.05, 3.63) is 88.9 Å². The number of anilines is 1. The summed E-state index contributed by atoms with van der Waals surface area (Å²) in [6.07, 6.45) is 2.14. The van der Waals surface area contributed by atoms with Gasteiger partial charge in [-0.25, -0.2) is 8.78 Å². The van der Waals surface area contributed by atoms with Crippen molar-refractivity contribution in [3.63, 3.8) is 0 Å². The molecule has 33 heavy (non-hydrogen) atoms. The minimum Gasteiger partial charge on any atom is -0.507 e. The van der Waals surface area contributed by atoms with E-state index in [0.29, 0.717) is 17.9 Å². The van der Waals surface area contributed by atoms with Gasteiger partial charge in [-0.05, 0) is 61.4 Å². The van der Waals surface area contributed by atoms with Crippen LogP contribution in [0.2, 0.25) is 0 Å². The molecule has 1 saturated heterocycles. The van der Waals surface area contributed by atoms with E-state index in [9.17, 15) is 23.5 Å². The highest BCUT2D eigenvalue weighted by atomic mass is 19.1. The lowest BCUT2D eigenvalue weighted by molar-refractivity contribution is -0.132. The maximum absolute atomic E-state index is 14.6. The highest BCUT2D eigenvalue weighted by molar-refractivity contribution is 6.51. The van der Waals surface area contributed by atoms with E-state index in [1.54, 1.807) is 25.1 Å². The quantitative estimate of drug-likeness (QED) is 0.312. The Bertz CT molecular complexity index is 1250. The van der Waals surface area contributed by atoms with E-state index in [-0.39, 0.29) is 16.9 Å². The summed E-state index contributed by atoms with van der Waals surface area (Å²) in [7, 11) is 0. The molecule has 1 amide bonds. The third-order valence-corrected chi connectivity index (χ3v) is 5.33. The smallest absolute Gasteiger partial charge is 0.300 e. The van der Waals surface area contributed by atoms with Crippen LogP contribution in [0.25, 0.3) is 5.76 Å². The summed E-state index contributed by atoms with van der Waals surface area (Å²) in [5.74, 6) is -3.56. The summed E-state index contributed by atoms with van der Waals surface area (Å²) in [6.45, 7) is 4.28. The Labute approximate surface area is 188 Å². The molecule has 0 saturated carbocycles. The number of aliphatic hydroxyl groups is 1. The van der Waals surface area contributed by atoms with Crippen LogP contribution in [0.3, 0.4) is 0 Å². The minimum atomic E-state index is -1.28. The van der Waals surface area contributed by atoms with Crippen LogP contribution in [-0.4, -0.2) is 23.4 Å². The number of hydrogen-bond acceptors (Lipinski definition) is 5. The summed E-state index contributed by atoms with van der Waals surface area (Å²) >= 11 is 0. The maximum atomic E-state index is 14.6. The molecule has 1 aromatic heterocycles. The molecule has 4 rings (SSSR count). The van der Waals surface area contributed by atoms with E-state index >= 15 is 0 Å². The predicted octanol–water partition coefficient (Wildman–Crippen LogP) is 5.28. The third-order valence-electron chi connectivity index (χ3n) is 5.33. The molecule has 3 aromatic rings. The Morgan fingerprint density at radius 3 is 2.61 bits per heavy atom. The van der Waals surface area contributed by atoms with Gasteiger partial charge in [0.1, 0.15) is 34.9 Å². The molecule has 8 heteroatoms. The van der Waals surface area contributed by atoms with Crippen LogP contribution in [0, 0.1) is 18.6 Å². The van der Waals surface area contributed by atoms with E-state index in [2.05, 4.69) is 0 Å². The fraction of sp³-hybridized carbons (Fsp3) is 0.200. The van der Waals surface area contributed by atoms with Gasteiger partial charge < -0.3 is 14.3 Å². The van der Waals surface area contributed by atoms with Crippen LogP contribution in [-0.2, 0) is 9.59 Å². The number of furan rings is 1. The number of halogens is 2. The molecule has 1 aliphatic heterocycles. The lowest BCUT2D eigenvalue weighted by Crippen LogP contribution is -2.30. The number of hydrogen-bond donors (Lipinski definition) is 1. The van der Waals surface area contributed by atoms with Crippen LogP contribution >= 0.6 is 0 Å². The first-order chi connectivity index (χ1) is 15.8. The second-order valence-corrected chi connectivity index (χ2v) is 7.61. The van der Waals surface area contributed by atoms with Crippen LogP contribution in [0.1, 0.15) is 36.3 Å². The van der Waals surface area contributed by atoms with E-state index in [1.807, 2.05) is 6.92 Å². The Balaban J connectivity index is 1.87. The number of aliphatic hydroxyl groups excluding tert-OH is 1. The number of ether oxygens (including phenoxy) is 1. The van der Waals surface area contributed by atoms with Gasteiger partial charge in [0.2, 0.25) is 0 Å². The number of ketones is 1. The number of aryl methyl sites for hydroxylation is 1. The summed E-state index contributed by atoms with van der Waals surface area (Å²) < 4.78 is 39.5. The molecule has 0 aliphatic carbocycles. The van der Waals surface area contributed by atoms with Crippen molar-refractivity contribution < 1.29 is 32.6 Å². The third kappa shape index (κ3) is 4.00. The topological polar surface area (TPSA) is 80.0 Å². The highest BCUT2D eigenvalue weighted by Crippen LogP contribution is 2.43. The van der Waals surface area contributed by atoms with Crippen molar-refractivity contribution in [3.8, 4) is 5.75 Å². The molecule has 2 heterocycles. The molecule has 1 unspecified atom stereocenters. The molecular formula is C25H21F2NO5. The summed E-state index contributed by atoms with van der Waals surface area (Å²) in [6, 6.07) is 9.16. The lowest BCUT2D eigenvalue weighted by Gasteiger charge is -2.23. The van der Waals surface area contributed by atoms with Crippen LogP contribution in [0.4, 0.5) is 14.5 Å². The molecule has 6 nitrogen and oxygen atoms in total. The van der Waals surface area contributed by atoms with Crippen molar-refractivity contribution in [1.29, 1.82) is 0 Å². The molecule has 0 radical (unpaired) electrons. The van der Waals surface area contributed by atoms with E-state index < -0.39 is 40.8 Å². The van der Waals surface area contributed by atoms with Gasteiger partial charge in [0.25, 0.3) is 11.7 Å². The summed E-state index contributed by atoms with van der Waals surface area (Å²) in [4.78, 5) is 26.8. The highest BCUT2D eigenvalue weighted by Gasteiger charge is 2.49. The molecule has 1 atom stereocenters. The van der Waals surface area contributed by atoms with Crippen molar-refractivity contribution in [2.45, 2.75) is 26.3 Å². The second-order valence-electron chi connectivity index (χ2n) is 7.61. The Kier molecular flexibility index (Phi) is 6.00. The zero-order valence-corrected chi connectivity index (χ0v) is 18.0. The van der Waals surface area contributed by atoms with E-state index in [4.69, 9.17) is 9.15 Å². The summed E-state index contributed by atoms with van der Waals surface area (Å²) in [5.41, 5.74) is 0.260. The first-order valence-electron chi connectivity index (χ1n) is 10.4. The van der Waals surface area contributed by atoms with Crippen LogP contribution in [0.5, 0.6) is 5.75 Å². The molecule has 0 spiro atoms. The standard InChI is InChI=1S/C25H21F2NO5/c1-3-10-32-19-9-6-15(12-14(19)2)23(29)21-22(20-5-4-11-33-20)28(25(31)24(21)30)18-13-16(26)7-8-17(18)27/h4-9,11-13,22,29H,3,10H2,1-2H3/b23-21-. The SMILES string of the molecule is CCCOc1ccc(/C(O)=C2/C(=O)C(=O)N(c3cc(F)ccc3F)C2c2ccco2)cc1C. The molecule has 1 N–H and O–H groups in total. The monoisotopic (exact) mass is 453 g/mol. The zero-order valence-electron chi connectivity index (χ0n) is 18.0. The maximum Gasteiger partial charge on any atom is 0.300 e. The minimum absolute atomic E-state index is 0.110. The number of rotatable bonds is 6. The number of carbonyl (C=O) groups is 2. The predicted molar refractivity (Wildman–Crippen MR) is 117 cm³/mol. The first-order valence-corrected chi connectivity index (χ1v) is 10.4. The van der Waals surface area contributed by atoms with Crippen LogP contribution in [0.15, 0.2) is 64.8 Å². The van der Waals surface area contributed by atoms with Gasteiger partial charge in [0, 0.05) is 11.6 Å². The van der Waals surface area contributed by atoms with Gasteiger partial charge in [-0.1, -0.05) is 6.92 Å². The van der Waals surface area contributed by atoms with Gasteiger partial charge in [0.15, 0.2) is 0 Å². The van der Waals surface area contributed by atoms with Crippen molar-refractivity contribution in [2.75, 3.05) is 11.5 Å². The van der Waals surface area contributed by atoms with Gasteiger partial charge in [0.05, 0.1) is 24.1 Å². The second kappa shape index (κ2) is 8.90. The Morgan fingerprint density at radius 1 is 1.15 bits per heavy atom. The van der Waals surface area contributed by atoms with Crippen molar-refractivity contribution in [2.24, 2.45) is 0 Å². The van der Waals surface area contributed by atoms with Crippen LogP contribution < -0.4 is 9.64 Å². The Hall–Kier alpha value is -3.94. The van der Waals surface area contributed by atoms with E-state index in [0.717, 1.165) is 29.5 Å². The van der Waals surface area contributed by atoms with Gasteiger partial charge in [-0.15, -0.1) is 0 Å². The number of benzene rings is 2. The molecule has 0 bridgehead atoms. The number of nitrogens with zero attached hydrogens (tertiary/aromatic N) is 1.